The zero-order valence-electron chi connectivity index (χ0n) is 18.7. The van der Waals surface area contributed by atoms with Crippen LogP contribution in [0.25, 0.3) is 0 Å². The van der Waals surface area contributed by atoms with Gasteiger partial charge in [0, 0.05) is 29.6 Å². The highest BCUT2D eigenvalue weighted by Gasteiger charge is 2.13. The van der Waals surface area contributed by atoms with E-state index in [-0.39, 0.29) is 5.97 Å². The third kappa shape index (κ3) is 5.85. The highest BCUT2D eigenvalue weighted by atomic mass is 16.5. The first-order valence-corrected chi connectivity index (χ1v) is 10.9. The Balaban J connectivity index is 1.89. The fraction of sp³-hybridized carbons (Fsp3) is 0.250. The summed E-state index contributed by atoms with van der Waals surface area (Å²) >= 11 is 0. The standard InChI is InChI=1S/C28H31NO2/c1-5-7-23-9-14-25(15-10-23)29(27-13-8-21(3)22(4)20-27)26-16-11-24(12-17-26)18-19-31-28(30)6-2/h6,8-17,20H,2,5,7,18-19H2,1,3-4H3. The molecule has 0 saturated heterocycles. The Morgan fingerprint density at radius 2 is 1.39 bits per heavy atom. The van der Waals surface area contributed by atoms with Crippen LogP contribution in [0.1, 0.15) is 35.6 Å². The van der Waals surface area contributed by atoms with E-state index in [1.165, 1.54) is 22.8 Å². The molecule has 0 spiro atoms. The molecule has 0 N–H and O–H groups in total. The molecule has 31 heavy (non-hydrogen) atoms. The molecular formula is C28H31NO2. The average molecular weight is 414 g/mol. The van der Waals surface area contributed by atoms with Crippen molar-refractivity contribution in [3.05, 3.63) is 102 Å². The summed E-state index contributed by atoms with van der Waals surface area (Å²) in [5.74, 6) is -0.385. The van der Waals surface area contributed by atoms with E-state index >= 15 is 0 Å². The van der Waals surface area contributed by atoms with Crippen molar-refractivity contribution < 1.29 is 9.53 Å². The zero-order valence-corrected chi connectivity index (χ0v) is 18.7. The molecule has 0 atom stereocenters. The molecule has 0 bridgehead atoms. The lowest BCUT2D eigenvalue weighted by atomic mass is 10.1. The summed E-state index contributed by atoms with van der Waals surface area (Å²) in [5, 5.41) is 0. The molecule has 0 heterocycles. The van der Waals surface area contributed by atoms with Gasteiger partial charge in [0.25, 0.3) is 0 Å². The minimum atomic E-state index is -0.385. The van der Waals surface area contributed by atoms with Crippen LogP contribution in [0.3, 0.4) is 0 Å². The molecular weight excluding hydrogens is 382 g/mol. The summed E-state index contributed by atoms with van der Waals surface area (Å²) < 4.78 is 5.10. The average Bonchev–Trinajstić information content (AvgIpc) is 2.78. The fourth-order valence-corrected chi connectivity index (χ4v) is 3.55. The number of ether oxygens (including phenoxy) is 1. The molecule has 0 amide bonds. The second-order valence-electron chi connectivity index (χ2n) is 7.81. The Bertz CT molecular complexity index is 1020. The summed E-state index contributed by atoms with van der Waals surface area (Å²) in [6, 6.07) is 23.8. The number of aryl methyl sites for hydroxylation is 3. The third-order valence-electron chi connectivity index (χ3n) is 5.48. The van der Waals surface area contributed by atoms with E-state index in [4.69, 9.17) is 4.74 Å². The van der Waals surface area contributed by atoms with Crippen molar-refractivity contribution in [3.8, 4) is 0 Å². The number of hydrogen-bond acceptors (Lipinski definition) is 3. The van der Waals surface area contributed by atoms with Gasteiger partial charge in [0.15, 0.2) is 0 Å². The molecule has 3 aromatic carbocycles. The summed E-state index contributed by atoms with van der Waals surface area (Å²) in [7, 11) is 0. The third-order valence-corrected chi connectivity index (χ3v) is 5.48. The van der Waals surface area contributed by atoms with E-state index < -0.39 is 0 Å². The van der Waals surface area contributed by atoms with Gasteiger partial charge in [-0.3, -0.25) is 0 Å². The van der Waals surface area contributed by atoms with Crippen LogP contribution in [0.4, 0.5) is 17.1 Å². The number of hydrogen-bond donors (Lipinski definition) is 0. The smallest absolute Gasteiger partial charge is 0.330 e. The van der Waals surface area contributed by atoms with Crippen LogP contribution in [-0.4, -0.2) is 12.6 Å². The summed E-state index contributed by atoms with van der Waals surface area (Å²) in [6.07, 6.45) is 4.10. The minimum absolute atomic E-state index is 0.351. The lowest BCUT2D eigenvalue weighted by Gasteiger charge is -2.26. The van der Waals surface area contributed by atoms with Gasteiger partial charge < -0.3 is 9.64 Å². The SMILES string of the molecule is C=CC(=O)OCCc1ccc(N(c2ccc(CCC)cc2)c2ccc(C)c(C)c2)cc1. The minimum Gasteiger partial charge on any atom is -0.462 e. The highest BCUT2D eigenvalue weighted by Crippen LogP contribution is 2.35. The molecule has 160 valence electrons. The van der Waals surface area contributed by atoms with Crippen molar-refractivity contribution in [2.24, 2.45) is 0 Å². The summed E-state index contributed by atoms with van der Waals surface area (Å²) in [4.78, 5) is 13.5. The molecule has 0 fully saturated rings. The topological polar surface area (TPSA) is 29.5 Å². The van der Waals surface area contributed by atoms with E-state index in [1.807, 2.05) is 0 Å². The molecule has 3 aromatic rings. The van der Waals surface area contributed by atoms with Crippen LogP contribution < -0.4 is 4.90 Å². The van der Waals surface area contributed by atoms with Crippen molar-refractivity contribution in [1.29, 1.82) is 0 Å². The Hall–Kier alpha value is -3.33. The Morgan fingerprint density at radius 3 is 1.90 bits per heavy atom. The second kappa shape index (κ2) is 10.6. The molecule has 0 aliphatic heterocycles. The predicted molar refractivity (Wildman–Crippen MR) is 129 cm³/mol. The van der Waals surface area contributed by atoms with E-state index in [0.29, 0.717) is 13.0 Å². The second-order valence-corrected chi connectivity index (χ2v) is 7.81. The molecule has 3 heteroatoms. The van der Waals surface area contributed by atoms with Crippen LogP contribution in [-0.2, 0) is 22.4 Å². The van der Waals surface area contributed by atoms with Crippen molar-refractivity contribution in [3.63, 3.8) is 0 Å². The van der Waals surface area contributed by atoms with Crippen molar-refractivity contribution in [2.45, 2.75) is 40.0 Å². The molecule has 3 nitrogen and oxygen atoms in total. The summed E-state index contributed by atoms with van der Waals surface area (Å²) in [5.41, 5.74) is 8.40. The van der Waals surface area contributed by atoms with Crippen LogP contribution in [0.15, 0.2) is 79.4 Å². The number of benzene rings is 3. The maximum Gasteiger partial charge on any atom is 0.330 e. The Kier molecular flexibility index (Phi) is 7.66. The van der Waals surface area contributed by atoms with Gasteiger partial charge >= 0.3 is 5.97 Å². The maximum atomic E-state index is 11.2. The van der Waals surface area contributed by atoms with Crippen LogP contribution >= 0.6 is 0 Å². The quantitative estimate of drug-likeness (QED) is 0.279. The predicted octanol–water partition coefficient (Wildman–Crippen LogP) is 7.00. The normalized spacial score (nSPS) is 10.5. The summed E-state index contributed by atoms with van der Waals surface area (Å²) in [6.45, 7) is 10.3. The molecule has 0 aromatic heterocycles. The van der Waals surface area contributed by atoms with E-state index in [2.05, 4.69) is 99.0 Å². The van der Waals surface area contributed by atoms with Crippen molar-refractivity contribution in [2.75, 3.05) is 11.5 Å². The molecule has 0 aliphatic carbocycles. The van der Waals surface area contributed by atoms with Crippen molar-refractivity contribution in [1.82, 2.24) is 0 Å². The number of carbonyl (C=O) groups is 1. The Labute approximate surface area is 186 Å². The van der Waals surface area contributed by atoms with Crippen LogP contribution in [0, 0.1) is 13.8 Å². The molecule has 0 unspecified atom stereocenters. The first kappa shape index (κ1) is 22.4. The fourth-order valence-electron chi connectivity index (χ4n) is 3.55. The number of esters is 1. The van der Waals surface area contributed by atoms with Gasteiger partial charge in [-0.1, -0.05) is 50.3 Å². The van der Waals surface area contributed by atoms with E-state index in [9.17, 15) is 4.79 Å². The van der Waals surface area contributed by atoms with Crippen molar-refractivity contribution >= 4 is 23.0 Å². The number of anilines is 3. The van der Waals surface area contributed by atoms with Gasteiger partial charge in [-0.05, 0) is 78.9 Å². The lowest BCUT2D eigenvalue weighted by molar-refractivity contribution is -0.137. The number of carbonyl (C=O) groups excluding carboxylic acids is 1. The van der Waals surface area contributed by atoms with Gasteiger partial charge in [0.05, 0.1) is 6.61 Å². The molecule has 3 rings (SSSR count). The van der Waals surface area contributed by atoms with E-state index in [1.54, 1.807) is 0 Å². The van der Waals surface area contributed by atoms with Gasteiger partial charge in [-0.2, -0.15) is 0 Å². The number of nitrogens with zero attached hydrogens (tertiary/aromatic N) is 1. The largest absolute Gasteiger partial charge is 0.462 e. The van der Waals surface area contributed by atoms with Gasteiger partial charge in [0.2, 0.25) is 0 Å². The van der Waals surface area contributed by atoms with Crippen LogP contribution in [0.5, 0.6) is 0 Å². The highest BCUT2D eigenvalue weighted by molar-refractivity contribution is 5.81. The number of rotatable bonds is 9. The maximum absolute atomic E-state index is 11.2. The van der Waals surface area contributed by atoms with Gasteiger partial charge in [-0.15, -0.1) is 0 Å². The van der Waals surface area contributed by atoms with Gasteiger partial charge in [0.1, 0.15) is 0 Å². The first-order valence-electron chi connectivity index (χ1n) is 10.9. The van der Waals surface area contributed by atoms with E-state index in [0.717, 1.165) is 35.5 Å². The van der Waals surface area contributed by atoms with Crippen LogP contribution in [0.2, 0.25) is 0 Å². The van der Waals surface area contributed by atoms with Gasteiger partial charge in [-0.25, -0.2) is 4.79 Å². The first-order chi connectivity index (χ1) is 15.0. The zero-order chi connectivity index (χ0) is 22.2. The molecule has 0 saturated carbocycles. The Morgan fingerprint density at radius 1 is 0.839 bits per heavy atom. The molecule has 0 aliphatic rings. The monoisotopic (exact) mass is 413 g/mol. The molecule has 0 radical (unpaired) electrons. The lowest BCUT2D eigenvalue weighted by Crippen LogP contribution is -2.11.